The fraction of sp³-hybridized carbons (Fsp3) is 0.533. The maximum atomic E-state index is 12.5. The number of ether oxygens (including phenoxy) is 1. The summed E-state index contributed by atoms with van der Waals surface area (Å²) >= 11 is 0. The molecule has 1 saturated heterocycles. The van der Waals surface area contributed by atoms with E-state index >= 15 is 0 Å². The van der Waals surface area contributed by atoms with Gasteiger partial charge in [0, 0.05) is 18.7 Å². The predicted molar refractivity (Wildman–Crippen MR) is 82.8 cm³/mol. The van der Waals surface area contributed by atoms with Crippen LogP contribution in [0.25, 0.3) is 0 Å². The molecule has 1 N–H and O–H groups in total. The number of benzene rings is 1. The van der Waals surface area contributed by atoms with Gasteiger partial charge in [-0.3, -0.25) is 4.79 Å². The van der Waals surface area contributed by atoms with Crippen LogP contribution in [0.3, 0.4) is 0 Å². The fourth-order valence-electron chi connectivity index (χ4n) is 2.64. The minimum atomic E-state index is 0. The molecule has 1 atom stereocenters. The molecule has 1 fully saturated rings. The highest BCUT2D eigenvalue weighted by atomic mass is 35.5. The van der Waals surface area contributed by atoms with Gasteiger partial charge in [-0.1, -0.05) is 6.07 Å². The number of amides is 1. The first kappa shape index (κ1) is 16.8. The van der Waals surface area contributed by atoms with Gasteiger partial charge in [-0.2, -0.15) is 0 Å². The molecule has 4 nitrogen and oxygen atoms in total. The molecular weight excluding hydrogens is 276 g/mol. The van der Waals surface area contributed by atoms with Gasteiger partial charge in [0.25, 0.3) is 5.91 Å². The SMILES string of the molecule is CNCC1CCCN(C(=O)c2cccc(OC)c2)C1.Cl. The van der Waals surface area contributed by atoms with Crippen LogP contribution in [0, 0.1) is 5.92 Å². The summed E-state index contributed by atoms with van der Waals surface area (Å²) in [6.07, 6.45) is 2.28. The van der Waals surface area contributed by atoms with Gasteiger partial charge in [0.1, 0.15) is 5.75 Å². The van der Waals surface area contributed by atoms with Crippen LogP contribution < -0.4 is 10.1 Å². The number of carbonyl (C=O) groups is 1. The molecule has 1 unspecified atom stereocenters. The van der Waals surface area contributed by atoms with Gasteiger partial charge in [0.05, 0.1) is 7.11 Å². The van der Waals surface area contributed by atoms with Gasteiger partial charge in [0.2, 0.25) is 0 Å². The van der Waals surface area contributed by atoms with Crippen LogP contribution in [-0.4, -0.2) is 44.6 Å². The molecule has 0 aromatic heterocycles. The number of nitrogens with one attached hydrogen (secondary N) is 1. The second-order valence-corrected chi connectivity index (χ2v) is 5.05. The molecule has 0 saturated carbocycles. The average molecular weight is 299 g/mol. The van der Waals surface area contributed by atoms with E-state index in [0.29, 0.717) is 11.5 Å². The first-order valence-electron chi connectivity index (χ1n) is 6.82. The molecule has 1 aromatic rings. The van der Waals surface area contributed by atoms with Crippen molar-refractivity contribution in [2.45, 2.75) is 12.8 Å². The summed E-state index contributed by atoms with van der Waals surface area (Å²) in [5.74, 6) is 1.41. The summed E-state index contributed by atoms with van der Waals surface area (Å²) in [5.41, 5.74) is 0.712. The number of nitrogens with zero attached hydrogens (tertiary/aromatic N) is 1. The third-order valence-electron chi connectivity index (χ3n) is 3.62. The Morgan fingerprint density at radius 1 is 1.50 bits per heavy atom. The first-order chi connectivity index (χ1) is 9.24. The number of carbonyl (C=O) groups excluding carboxylic acids is 1. The van der Waals surface area contributed by atoms with Gasteiger partial charge in [-0.25, -0.2) is 0 Å². The Balaban J connectivity index is 0.00000200. The molecule has 1 amide bonds. The Bertz CT molecular complexity index is 438. The maximum absolute atomic E-state index is 12.5. The smallest absolute Gasteiger partial charge is 0.253 e. The third-order valence-corrected chi connectivity index (χ3v) is 3.62. The summed E-state index contributed by atoms with van der Waals surface area (Å²) in [5, 5.41) is 3.20. The minimum absolute atomic E-state index is 0. The first-order valence-corrected chi connectivity index (χ1v) is 6.82. The highest BCUT2D eigenvalue weighted by Gasteiger charge is 2.24. The Morgan fingerprint density at radius 2 is 2.30 bits per heavy atom. The average Bonchev–Trinajstić information content (AvgIpc) is 2.47. The third kappa shape index (κ3) is 4.12. The summed E-state index contributed by atoms with van der Waals surface area (Å²) in [4.78, 5) is 14.4. The van der Waals surface area contributed by atoms with E-state index in [9.17, 15) is 4.79 Å². The molecule has 1 aliphatic heterocycles. The lowest BCUT2D eigenvalue weighted by molar-refractivity contribution is 0.0674. The van der Waals surface area contributed by atoms with Crippen LogP contribution in [0.4, 0.5) is 0 Å². The Kier molecular flexibility index (Phi) is 6.82. The lowest BCUT2D eigenvalue weighted by Gasteiger charge is -2.32. The summed E-state index contributed by atoms with van der Waals surface area (Å²) in [6.45, 7) is 2.68. The lowest BCUT2D eigenvalue weighted by atomic mass is 9.97. The van der Waals surface area contributed by atoms with E-state index in [2.05, 4.69) is 5.32 Å². The Hall–Kier alpha value is -1.26. The van der Waals surface area contributed by atoms with Crippen LogP contribution in [0.2, 0.25) is 0 Å². The van der Waals surface area contributed by atoms with E-state index in [1.807, 2.05) is 36.2 Å². The highest BCUT2D eigenvalue weighted by Crippen LogP contribution is 2.20. The van der Waals surface area contributed by atoms with Crippen LogP contribution in [0.5, 0.6) is 5.75 Å². The molecule has 0 bridgehead atoms. The minimum Gasteiger partial charge on any atom is -0.497 e. The van der Waals surface area contributed by atoms with E-state index in [1.54, 1.807) is 7.11 Å². The molecule has 112 valence electrons. The molecular formula is C15H23ClN2O2. The normalized spacial score (nSPS) is 18.3. The van der Waals surface area contributed by atoms with Crippen molar-refractivity contribution >= 4 is 18.3 Å². The second-order valence-electron chi connectivity index (χ2n) is 5.05. The quantitative estimate of drug-likeness (QED) is 0.926. The topological polar surface area (TPSA) is 41.6 Å². The Labute approximate surface area is 126 Å². The van der Waals surface area contributed by atoms with E-state index in [-0.39, 0.29) is 18.3 Å². The van der Waals surface area contributed by atoms with E-state index in [0.717, 1.165) is 31.8 Å². The predicted octanol–water partition coefficient (Wildman–Crippen LogP) is 2.19. The molecule has 1 heterocycles. The zero-order chi connectivity index (χ0) is 13.7. The van der Waals surface area contributed by atoms with E-state index in [1.165, 1.54) is 6.42 Å². The molecule has 1 aliphatic rings. The van der Waals surface area contributed by atoms with Crippen LogP contribution in [0.15, 0.2) is 24.3 Å². The van der Waals surface area contributed by atoms with Gasteiger partial charge < -0.3 is 15.0 Å². The zero-order valence-corrected chi connectivity index (χ0v) is 12.9. The molecule has 5 heteroatoms. The Morgan fingerprint density at radius 3 is 3.00 bits per heavy atom. The number of piperidine rings is 1. The highest BCUT2D eigenvalue weighted by molar-refractivity contribution is 5.94. The summed E-state index contributed by atoms with van der Waals surface area (Å²) in [7, 11) is 3.58. The van der Waals surface area contributed by atoms with E-state index < -0.39 is 0 Å². The van der Waals surface area contributed by atoms with Crippen LogP contribution in [0.1, 0.15) is 23.2 Å². The number of methoxy groups -OCH3 is 1. The molecule has 2 rings (SSSR count). The monoisotopic (exact) mass is 298 g/mol. The fourth-order valence-corrected chi connectivity index (χ4v) is 2.64. The molecule has 0 radical (unpaired) electrons. The number of hydrogen-bond donors (Lipinski definition) is 1. The number of halogens is 1. The molecule has 0 spiro atoms. The summed E-state index contributed by atoms with van der Waals surface area (Å²) < 4.78 is 5.17. The van der Waals surface area contributed by atoms with Gasteiger partial charge in [-0.05, 0) is 50.6 Å². The zero-order valence-electron chi connectivity index (χ0n) is 12.1. The van der Waals surface area contributed by atoms with Crippen molar-refractivity contribution in [2.75, 3.05) is 33.8 Å². The summed E-state index contributed by atoms with van der Waals surface area (Å²) in [6, 6.07) is 7.38. The number of hydrogen-bond acceptors (Lipinski definition) is 3. The van der Waals surface area contributed by atoms with Gasteiger partial charge >= 0.3 is 0 Å². The largest absolute Gasteiger partial charge is 0.497 e. The van der Waals surface area contributed by atoms with Crippen molar-refractivity contribution in [1.82, 2.24) is 10.2 Å². The van der Waals surface area contributed by atoms with Gasteiger partial charge in [-0.15, -0.1) is 12.4 Å². The van der Waals surface area contributed by atoms with E-state index in [4.69, 9.17) is 4.74 Å². The van der Waals surface area contributed by atoms with Crippen LogP contribution in [-0.2, 0) is 0 Å². The van der Waals surface area contributed by atoms with Crippen LogP contribution >= 0.6 is 12.4 Å². The number of rotatable bonds is 4. The molecule has 0 aliphatic carbocycles. The van der Waals surface area contributed by atoms with Crippen molar-refractivity contribution in [3.05, 3.63) is 29.8 Å². The van der Waals surface area contributed by atoms with Gasteiger partial charge in [0.15, 0.2) is 0 Å². The maximum Gasteiger partial charge on any atom is 0.253 e. The standard InChI is InChI=1S/C15H22N2O2.ClH/c1-16-10-12-5-4-8-17(11-12)15(18)13-6-3-7-14(9-13)19-2;/h3,6-7,9,12,16H,4-5,8,10-11H2,1-2H3;1H. The number of likely N-dealkylation sites (tertiary alicyclic amines) is 1. The molecule has 20 heavy (non-hydrogen) atoms. The van der Waals surface area contributed by atoms with Crippen molar-refractivity contribution in [3.8, 4) is 5.75 Å². The molecule has 1 aromatic carbocycles. The van der Waals surface area contributed by atoms with Crippen molar-refractivity contribution in [3.63, 3.8) is 0 Å². The lowest BCUT2D eigenvalue weighted by Crippen LogP contribution is -2.42. The second kappa shape index (κ2) is 8.12. The van der Waals surface area contributed by atoms with Crippen molar-refractivity contribution in [2.24, 2.45) is 5.92 Å². The van der Waals surface area contributed by atoms with Crippen molar-refractivity contribution < 1.29 is 9.53 Å². The van der Waals surface area contributed by atoms with Crippen molar-refractivity contribution in [1.29, 1.82) is 0 Å².